The van der Waals surface area contributed by atoms with Crippen molar-refractivity contribution in [3.63, 3.8) is 0 Å². The van der Waals surface area contributed by atoms with Crippen molar-refractivity contribution in [1.29, 1.82) is 0 Å². The van der Waals surface area contributed by atoms with Gasteiger partial charge in [-0.15, -0.1) is 0 Å². The van der Waals surface area contributed by atoms with Crippen molar-refractivity contribution < 1.29 is 9.53 Å². The van der Waals surface area contributed by atoms with Crippen LogP contribution in [-0.4, -0.2) is 43.2 Å². The topological polar surface area (TPSA) is 64.3 Å². The van der Waals surface area contributed by atoms with Crippen LogP contribution in [0.2, 0.25) is 0 Å². The average Bonchev–Trinajstić information content (AvgIpc) is 2.00. The minimum atomic E-state index is -0.270. The summed E-state index contributed by atoms with van der Waals surface area (Å²) in [4.78, 5) is 10.8. The number of thioether (sulfide) groups is 1. The van der Waals surface area contributed by atoms with E-state index in [2.05, 4.69) is 5.32 Å². The summed E-state index contributed by atoms with van der Waals surface area (Å²) in [6.45, 7) is 1.71. The van der Waals surface area contributed by atoms with Gasteiger partial charge in [0.25, 0.3) is 0 Å². The number of carbonyl (C=O) groups excluding carboxylic acids is 1. The van der Waals surface area contributed by atoms with Crippen molar-refractivity contribution >= 4 is 17.7 Å². The fourth-order valence-electron chi connectivity index (χ4n) is 1.09. The highest BCUT2D eigenvalue weighted by Crippen LogP contribution is 2.19. The molecule has 4 nitrogen and oxygen atoms in total. The number of rotatable bonds is 6. The van der Waals surface area contributed by atoms with Crippen LogP contribution in [0, 0.1) is 0 Å². The summed E-state index contributed by atoms with van der Waals surface area (Å²) < 4.78 is 5.04. The smallest absolute Gasteiger partial charge is 0.234 e. The number of amides is 1. The Morgan fingerprint density at radius 1 is 1.77 bits per heavy atom. The van der Waals surface area contributed by atoms with E-state index < -0.39 is 0 Å². The Balaban J connectivity index is 2.05. The Hall–Kier alpha value is -0.260. The summed E-state index contributed by atoms with van der Waals surface area (Å²) in [6.07, 6.45) is 0.799. The van der Waals surface area contributed by atoms with Gasteiger partial charge in [0.05, 0.1) is 24.5 Å². The molecule has 1 rings (SSSR count). The first-order valence-electron chi connectivity index (χ1n) is 4.40. The highest BCUT2D eigenvalue weighted by molar-refractivity contribution is 8.00. The van der Waals surface area contributed by atoms with Crippen LogP contribution >= 0.6 is 11.8 Å². The molecular weight excluding hydrogens is 188 g/mol. The van der Waals surface area contributed by atoms with Crippen LogP contribution in [0.25, 0.3) is 0 Å². The maximum atomic E-state index is 10.8. The molecule has 0 radical (unpaired) electrons. The van der Waals surface area contributed by atoms with Gasteiger partial charge in [0.1, 0.15) is 0 Å². The van der Waals surface area contributed by atoms with Gasteiger partial charge < -0.3 is 15.8 Å². The molecule has 1 fully saturated rings. The van der Waals surface area contributed by atoms with E-state index in [1.807, 2.05) is 11.8 Å². The van der Waals surface area contributed by atoms with Crippen LogP contribution in [0.4, 0.5) is 0 Å². The van der Waals surface area contributed by atoms with E-state index in [0.717, 1.165) is 25.4 Å². The number of nitrogens with two attached hydrogens (primary N) is 1. The molecular formula is C8H16N2O2S. The molecule has 0 bridgehead atoms. The van der Waals surface area contributed by atoms with Crippen LogP contribution in [-0.2, 0) is 9.53 Å². The van der Waals surface area contributed by atoms with Crippen molar-refractivity contribution in [2.75, 3.05) is 26.0 Å². The van der Waals surface area contributed by atoms with Gasteiger partial charge in [-0.05, 0) is 19.2 Å². The third-order valence-electron chi connectivity index (χ3n) is 2.06. The number of carbonyl (C=O) groups is 1. The van der Waals surface area contributed by atoms with Gasteiger partial charge in [0, 0.05) is 0 Å². The summed E-state index contributed by atoms with van der Waals surface area (Å²) in [7, 11) is 1.76. The number of hydrogen-bond acceptors (Lipinski definition) is 4. The van der Waals surface area contributed by atoms with E-state index in [-0.39, 0.29) is 11.9 Å². The normalized spacial score (nSPS) is 19.5. The molecule has 1 heterocycles. The van der Waals surface area contributed by atoms with Crippen molar-refractivity contribution in [3.05, 3.63) is 0 Å². The molecule has 1 saturated heterocycles. The Labute approximate surface area is 82.6 Å². The second kappa shape index (κ2) is 5.47. The first-order chi connectivity index (χ1) is 6.24. The first-order valence-corrected chi connectivity index (χ1v) is 5.45. The number of primary amides is 1. The number of likely N-dealkylation sites (N-methyl/N-ethyl adjacent to an activating group) is 1. The third kappa shape index (κ3) is 3.54. The van der Waals surface area contributed by atoms with E-state index in [9.17, 15) is 4.79 Å². The molecule has 1 aliphatic rings. The highest BCUT2D eigenvalue weighted by atomic mass is 32.2. The van der Waals surface area contributed by atoms with Crippen molar-refractivity contribution in [3.8, 4) is 0 Å². The molecule has 0 aliphatic carbocycles. The molecule has 1 atom stereocenters. The Bertz CT molecular complexity index is 174. The largest absolute Gasteiger partial charge is 0.379 e. The average molecular weight is 204 g/mol. The number of hydrogen-bond donors (Lipinski definition) is 2. The quantitative estimate of drug-likeness (QED) is 0.617. The molecule has 0 saturated carbocycles. The van der Waals surface area contributed by atoms with Crippen LogP contribution in [0.5, 0.6) is 0 Å². The molecule has 0 aromatic heterocycles. The summed E-state index contributed by atoms with van der Waals surface area (Å²) in [5.41, 5.74) is 5.18. The Morgan fingerprint density at radius 3 is 2.85 bits per heavy atom. The lowest BCUT2D eigenvalue weighted by Crippen LogP contribution is -2.40. The molecule has 13 heavy (non-hydrogen) atoms. The molecule has 76 valence electrons. The zero-order valence-electron chi connectivity index (χ0n) is 7.79. The standard InChI is InChI=1S/C8H16N2O2S/c1-10-7(8(9)11)2-3-13-6-4-12-5-6/h6-7,10H,2-5H2,1H3,(H2,9,11). The van der Waals surface area contributed by atoms with E-state index in [1.54, 1.807) is 7.05 Å². The maximum absolute atomic E-state index is 10.8. The van der Waals surface area contributed by atoms with Crippen molar-refractivity contribution in [2.24, 2.45) is 5.73 Å². The van der Waals surface area contributed by atoms with Gasteiger partial charge in [-0.25, -0.2) is 0 Å². The van der Waals surface area contributed by atoms with Gasteiger partial charge in [-0.1, -0.05) is 0 Å². The zero-order chi connectivity index (χ0) is 9.68. The van der Waals surface area contributed by atoms with Crippen molar-refractivity contribution in [1.82, 2.24) is 5.32 Å². The molecule has 1 unspecified atom stereocenters. The lowest BCUT2D eigenvalue weighted by molar-refractivity contribution is -0.119. The van der Waals surface area contributed by atoms with E-state index in [4.69, 9.17) is 10.5 Å². The molecule has 5 heteroatoms. The molecule has 3 N–H and O–H groups in total. The van der Waals surface area contributed by atoms with E-state index in [0.29, 0.717) is 5.25 Å². The van der Waals surface area contributed by atoms with Gasteiger partial charge in [-0.3, -0.25) is 4.79 Å². The number of nitrogens with one attached hydrogen (secondary N) is 1. The second-order valence-electron chi connectivity index (χ2n) is 3.06. The summed E-state index contributed by atoms with van der Waals surface area (Å²) >= 11 is 1.85. The Morgan fingerprint density at radius 2 is 2.46 bits per heavy atom. The second-order valence-corrected chi connectivity index (χ2v) is 4.47. The molecule has 0 aromatic carbocycles. The minimum Gasteiger partial charge on any atom is -0.379 e. The minimum absolute atomic E-state index is 0.187. The lowest BCUT2D eigenvalue weighted by atomic mass is 10.2. The number of ether oxygens (including phenoxy) is 1. The predicted octanol–water partition coefficient (Wildman–Crippen LogP) is -0.418. The molecule has 1 amide bonds. The van der Waals surface area contributed by atoms with Crippen LogP contribution in [0.3, 0.4) is 0 Å². The summed E-state index contributed by atoms with van der Waals surface area (Å²) in [5.74, 6) is 0.690. The first kappa shape index (κ1) is 10.8. The van der Waals surface area contributed by atoms with Crippen molar-refractivity contribution in [2.45, 2.75) is 17.7 Å². The monoisotopic (exact) mass is 204 g/mol. The summed E-state index contributed by atoms with van der Waals surface area (Å²) in [6, 6.07) is -0.187. The van der Waals surface area contributed by atoms with Gasteiger partial charge in [-0.2, -0.15) is 11.8 Å². The summed E-state index contributed by atoms with van der Waals surface area (Å²) in [5, 5.41) is 3.52. The zero-order valence-corrected chi connectivity index (χ0v) is 8.60. The Kier molecular flexibility index (Phi) is 4.55. The molecule has 0 spiro atoms. The van der Waals surface area contributed by atoms with E-state index in [1.165, 1.54) is 0 Å². The fraction of sp³-hybridized carbons (Fsp3) is 0.875. The van der Waals surface area contributed by atoms with Gasteiger partial charge in [0.15, 0.2) is 0 Å². The third-order valence-corrected chi connectivity index (χ3v) is 3.27. The van der Waals surface area contributed by atoms with Gasteiger partial charge >= 0.3 is 0 Å². The molecule has 0 aromatic rings. The molecule has 1 aliphatic heterocycles. The highest BCUT2D eigenvalue weighted by Gasteiger charge is 2.19. The SMILES string of the molecule is CNC(CCSC1COC1)C(N)=O. The van der Waals surface area contributed by atoms with Crippen LogP contribution < -0.4 is 11.1 Å². The van der Waals surface area contributed by atoms with E-state index >= 15 is 0 Å². The lowest BCUT2D eigenvalue weighted by Gasteiger charge is -2.25. The fourth-order valence-corrected chi connectivity index (χ4v) is 2.18. The van der Waals surface area contributed by atoms with Crippen LogP contribution in [0.1, 0.15) is 6.42 Å². The maximum Gasteiger partial charge on any atom is 0.234 e. The predicted molar refractivity (Wildman–Crippen MR) is 53.7 cm³/mol. The van der Waals surface area contributed by atoms with Crippen LogP contribution in [0.15, 0.2) is 0 Å². The van der Waals surface area contributed by atoms with Gasteiger partial charge in [0.2, 0.25) is 5.91 Å².